The predicted octanol–water partition coefficient (Wildman–Crippen LogP) is 4.64. The molecule has 7 heteroatoms. The second-order valence-corrected chi connectivity index (χ2v) is 8.42. The molecule has 0 radical (unpaired) electrons. The van der Waals surface area contributed by atoms with Crippen LogP contribution in [0.25, 0.3) is 16.8 Å². The topological polar surface area (TPSA) is 82.3 Å². The van der Waals surface area contributed by atoms with E-state index in [0.29, 0.717) is 16.9 Å². The molecule has 35 heavy (non-hydrogen) atoms. The fourth-order valence-electron chi connectivity index (χ4n) is 3.76. The third-order valence-electron chi connectivity index (χ3n) is 5.96. The van der Waals surface area contributed by atoms with E-state index in [-0.39, 0.29) is 11.2 Å². The van der Waals surface area contributed by atoms with Crippen molar-refractivity contribution in [3.05, 3.63) is 106 Å². The number of benzene rings is 3. The summed E-state index contributed by atoms with van der Waals surface area (Å²) in [7, 11) is 1.74. The van der Waals surface area contributed by atoms with Crippen LogP contribution in [-0.2, 0) is 16.6 Å². The molecule has 1 N–H and O–H groups in total. The van der Waals surface area contributed by atoms with Crippen molar-refractivity contribution in [1.82, 2.24) is 9.36 Å². The maximum Gasteiger partial charge on any atom is 0.338 e. The molecule has 1 unspecified atom stereocenters. The lowest BCUT2D eigenvalue weighted by Crippen LogP contribution is -2.32. The zero-order valence-electron chi connectivity index (χ0n) is 20.1. The van der Waals surface area contributed by atoms with Gasteiger partial charge in [0.2, 0.25) is 0 Å². The number of aromatic nitrogens is 2. The number of rotatable bonds is 6. The number of para-hydroxylation sites is 1. The molecular weight excluding hydrogens is 442 g/mol. The Morgan fingerprint density at radius 1 is 0.857 bits per heavy atom. The molecule has 0 aliphatic heterocycles. The van der Waals surface area contributed by atoms with Crippen LogP contribution in [0.4, 0.5) is 5.69 Å². The summed E-state index contributed by atoms with van der Waals surface area (Å²) in [4.78, 5) is 38.4. The van der Waals surface area contributed by atoms with Crippen molar-refractivity contribution in [3.8, 4) is 16.8 Å². The number of aryl methyl sites for hydroxylation is 1. The lowest BCUT2D eigenvalue weighted by Gasteiger charge is -2.13. The van der Waals surface area contributed by atoms with Gasteiger partial charge in [0, 0.05) is 7.05 Å². The molecule has 0 saturated heterocycles. The van der Waals surface area contributed by atoms with Crippen LogP contribution in [0.3, 0.4) is 0 Å². The molecule has 0 aliphatic carbocycles. The van der Waals surface area contributed by atoms with E-state index in [0.717, 1.165) is 11.1 Å². The SMILES string of the molecule is Cc1ccc(-c2ccc(C(=O)OC(C)C(=O)Nc3c(C)n(C)n(-c4ccccc4)c3=O)cc2)cc1. The second kappa shape index (κ2) is 9.85. The van der Waals surface area contributed by atoms with Gasteiger partial charge in [0.25, 0.3) is 11.5 Å². The molecule has 1 aromatic heterocycles. The molecule has 7 nitrogen and oxygen atoms in total. The molecule has 0 spiro atoms. The number of carbonyl (C=O) groups excluding carboxylic acids is 2. The van der Waals surface area contributed by atoms with Crippen LogP contribution in [-0.4, -0.2) is 27.3 Å². The van der Waals surface area contributed by atoms with Gasteiger partial charge in [0.05, 0.1) is 16.9 Å². The molecule has 1 atom stereocenters. The quantitative estimate of drug-likeness (QED) is 0.417. The van der Waals surface area contributed by atoms with Crippen LogP contribution in [0.2, 0.25) is 0 Å². The van der Waals surface area contributed by atoms with E-state index in [4.69, 9.17) is 4.74 Å². The third kappa shape index (κ3) is 4.94. The number of anilines is 1. The van der Waals surface area contributed by atoms with Crippen molar-refractivity contribution in [1.29, 1.82) is 0 Å². The average molecular weight is 470 g/mol. The lowest BCUT2D eigenvalue weighted by molar-refractivity contribution is -0.123. The van der Waals surface area contributed by atoms with Gasteiger partial charge in [-0.25, -0.2) is 9.48 Å². The smallest absolute Gasteiger partial charge is 0.338 e. The number of ether oxygens (including phenoxy) is 1. The van der Waals surface area contributed by atoms with E-state index in [2.05, 4.69) is 5.32 Å². The fourth-order valence-corrected chi connectivity index (χ4v) is 3.76. The van der Waals surface area contributed by atoms with Crippen molar-refractivity contribution in [2.24, 2.45) is 7.05 Å². The van der Waals surface area contributed by atoms with E-state index in [1.165, 1.54) is 17.2 Å². The van der Waals surface area contributed by atoms with Crippen molar-refractivity contribution in [3.63, 3.8) is 0 Å². The average Bonchev–Trinajstić information content (AvgIpc) is 3.08. The molecule has 4 rings (SSSR count). The number of carbonyl (C=O) groups is 2. The molecule has 1 amide bonds. The molecule has 0 aliphatic rings. The van der Waals surface area contributed by atoms with E-state index in [1.807, 2.05) is 61.5 Å². The van der Waals surface area contributed by atoms with Crippen molar-refractivity contribution >= 4 is 17.6 Å². The zero-order chi connectivity index (χ0) is 25.1. The van der Waals surface area contributed by atoms with Gasteiger partial charge >= 0.3 is 5.97 Å². The van der Waals surface area contributed by atoms with Crippen molar-refractivity contribution in [2.75, 3.05) is 5.32 Å². The Morgan fingerprint density at radius 2 is 1.43 bits per heavy atom. The van der Waals surface area contributed by atoms with Crippen LogP contribution >= 0.6 is 0 Å². The van der Waals surface area contributed by atoms with E-state index < -0.39 is 18.0 Å². The van der Waals surface area contributed by atoms with Crippen LogP contribution in [0, 0.1) is 13.8 Å². The van der Waals surface area contributed by atoms with Gasteiger partial charge in [-0.3, -0.25) is 14.3 Å². The third-order valence-corrected chi connectivity index (χ3v) is 5.96. The van der Waals surface area contributed by atoms with Crippen LogP contribution in [0.15, 0.2) is 83.7 Å². The Kier molecular flexibility index (Phi) is 6.68. The fraction of sp³-hybridized carbons (Fsp3) is 0.179. The van der Waals surface area contributed by atoms with Crippen LogP contribution in [0.1, 0.15) is 28.5 Å². The lowest BCUT2D eigenvalue weighted by atomic mass is 10.0. The Hall–Kier alpha value is -4.39. The second-order valence-electron chi connectivity index (χ2n) is 8.42. The summed E-state index contributed by atoms with van der Waals surface area (Å²) in [6.45, 7) is 5.24. The summed E-state index contributed by atoms with van der Waals surface area (Å²) >= 11 is 0. The highest BCUT2D eigenvalue weighted by Crippen LogP contribution is 2.21. The van der Waals surface area contributed by atoms with E-state index in [1.54, 1.807) is 42.9 Å². The first kappa shape index (κ1) is 23.8. The number of amides is 1. The molecule has 0 fully saturated rings. The minimum atomic E-state index is -1.09. The summed E-state index contributed by atoms with van der Waals surface area (Å²) < 4.78 is 8.50. The normalized spacial score (nSPS) is 11.7. The summed E-state index contributed by atoms with van der Waals surface area (Å²) in [5, 5.41) is 2.63. The van der Waals surface area contributed by atoms with E-state index in [9.17, 15) is 14.4 Å². The summed E-state index contributed by atoms with van der Waals surface area (Å²) in [6, 6.07) is 24.2. The van der Waals surface area contributed by atoms with Gasteiger partial charge in [-0.05, 0) is 56.2 Å². The Balaban J connectivity index is 1.45. The maximum absolute atomic E-state index is 13.0. The van der Waals surface area contributed by atoms with Gasteiger partial charge in [-0.1, -0.05) is 60.2 Å². The van der Waals surface area contributed by atoms with Gasteiger partial charge in [0.1, 0.15) is 5.69 Å². The molecule has 4 aromatic rings. The van der Waals surface area contributed by atoms with Gasteiger partial charge < -0.3 is 10.1 Å². The van der Waals surface area contributed by atoms with Crippen LogP contribution < -0.4 is 10.9 Å². The van der Waals surface area contributed by atoms with Crippen molar-refractivity contribution < 1.29 is 14.3 Å². The standard InChI is InChI=1S/C28H27N3O4/c1-18-10-12-21(13-11-18)22-14-16-23(17-15-22)28(34)35-20(3)26(32)29-25-19(2)30(4)31(27(25)33)24-8-6-5-7-9-24/h5-17,20H,1-4H3,(H,29,32). The highest BCUT2D eigenvalue weighted by molar-refractivity contribution is 5.97. The number of nitrogens with zero attached hydrogens (tertiary/aromatic N) is 2. The molecule has 0 saturated carbocycles. The summed E-state index contributed by atoms with van der Waals surface area (Å²) in [6.07, 6.45) is -1.09. The zero-order valence-corrected chi connectivity index (χ0v) is 20.1. The molecular formula is C28H27N3O4. The molecule has 3 aromatic carbocycles. The number of esters is 1. The Morgan fingerprint density at radius 3 is 2.03 bits per heavy atom. The largest absolute Gasteiger partial charge is 0.449 e. The summed E-state index contributed by atoms with van der Waals surface area (Å²) in [5.41, 5.74) is 4.56. The number of hydrogen-bond acceptors (Lipinski definition) is 4. The van der Waals surface area contributed by atoms with Gasteiger partial charge in [-0.2, -0.15) is 0 Å². The maximum atomic E-state index is 13.0. The first-order valence-electron chi connectivity index (χ1n) is 11.3. The highest BCUT2D eigenvalue weighted by atomic mass is 16.5. The predicted molar refractivity (Wildman–Crippen MR) is 136 cm³/mol. The summed E-state index contributed by atoms with van der Waals surface area (Å²) in [5.74, 6) is -1.20. The molecule has 1 heterocycles. The molecule has 178 valence electrons. The van der Waals surface area contributed by atoms with Gasteiger partial charge in [0.15, 0.2) is 6.10 Å². The number of hydrogen-bond donors (Lipinski definition) is 1. The molecule has 0 bridgehead atoms. The van der Waals surface area contributed by atoms with Crippen LogP contribution in [0.5, 0.6) is 0 Å². The highest BCUT2D eigenvalue weighted by Gasteiger charge is 2.23. The Bertz CT molecular complexity index is 1420. The Labute approximate surface area is 203 Å². The first-order chi connectivity index (χ1) is 16.8. The van der Waals surface area contributed by atoms with E-state index >= 15 is 0 Å². The minimum Gasteiger partial charge on any atom is -0.449 e. The monoisotopic (exact) mass is 469 g/mol. The first-order valence-corrected chi connectivity index (χ1v) is 11.3. The van der Waals surface area contributed by atoms with Gasteiger partial charge in [-0.15, -0.1) is 0 Å². The van der Waals surface area contributed by atoms with Crippen molar-refractivity contribution in [2.45, 2.75) is 26.9 Å². The number of nitrogens with one attached hydrogen (secondary N) is 1. The minimum absolute atomic E-state index is 0.145.